The lowest BCUT2D eigenvalue weighted by atomic mass is 9.60. The number of fused-ring (bicyclic) bond motifs is 4. The maximum atomic E-state index is 13.4. The van der Waals surface area contributed by atoms with E-state index in [4.69, 9.17) is 21.2 Å². The van der Waals surface area contributed by atoms with Gasteiger partial charge >= 0.3 is 5.97 Å². The summed E-state index contributed by atoms with van der Waals surface area (Å²) in [7, 11) is 1.75. The molecule has 5 rings (SSSR count). The van der Waals surface area contributed by atoms with Crippen LogP contribution in [0.4, 0.5) is 5.69 Å². The number of esters is 1. The molecule has 2 aliphatic heterocycles. The number of carbonyl (C=O) groups is 1. The first kappa shape index (κ1) is 23.9. The molecule has 1 saturated heterocycles. The predicted octanol–water partition coefficient (Wildman–Crippen LogP) is 4.71. The van der Waals surface area contributed by atoms with Crippen molar-refractivity contribution in [2.24, 2.45) is 23.7 Å². The fourth-order valence-electron chi connectivity index (χ4n) is 6.81. The van der Waals surface area contributed by atoms with Gasteiger partial charge in [-0.25, -0.2) is 0 Å². The van der Waals surface area contributed by atoms with Crippen LogP contribution in [-0.2, 0) is 20.0 Å². The zero-order valence-corrected chi connectivity index (χ0v) is 21.1. The van der Waals surface area contributed by atoms with Crippen LogP contribution < -0.4 is 10.4 Å². The van der Waals surface area contributed by atoms with Gasteiger partial charge in [-0.15, -0.1) is 0 Å². The van der Waals surface area contributed by atoms with Gasteiger partial charge in [-0.1, -0.05) is 54.5 Å². The van der Waals surface area contributed by atoms with Crippen molar-refractivity contribution in [3.8, 4) is 0 Å². The van der Waals surface area contributed by atoms with E-state index < -0.39 is 17.9 Å². The van der Waals surface area contributed by atoms with E-state index in [-0.39, 0.29) is 24.4 Å². The number of anilines is 1. The molecule has 7 heteroatoms. The molecule has 4 aliphatic rings. The van der Waals surface area contributed by atoms with Crippen molar-refractivity contribution in [1.82, 2.24) is 5.32 Å². The quantitative estimate of drug-likeness (QED) is 0.476. The lowest BCUT2D eigenvalue weighted by Gasteiger charge is -2.47. The van der Waals surface area contributed by atoms with Gasteiger partial charge in [0.25, 0.3) is 0 Å². The standard InChI is InChI=1S/C27H35ClN2O4/c1-14(2)17-10-9-16(4)23-18(17)11-15(3)12-22(23)33-25(31)21-13-27(32)19-7-6-8-20(28)24(19)30(5)34-26(27)29-21/h6-8,11,16-18,21-23,26,29,32H,1,9-10,12-13H2,2-5H3. The smallest absolute Gasteiger partial charge is 0.323 e. The second kappa shape index (κ2) is 8.66. The van der Waals surface area contributed by atoms with Gasteiger partial charge < -0.3 is 9.84 Å². The number of benzene rings is 1. The van der Waals surface area contributed by atoms with Gasteiger partial charge in [0.1, 0.15) is 17.7 Å². The highest BCUT2D eigenvalue weighted by Gasteiger charge is 2.56. The molecule has 0 spiro atoms. The first-order valence-corrected chi connectivity index (χ1v) is 12.7. The van der Waals surface area contributed by atoms with Crippen molar-refractivity contribution in [3.63, 3.8) is 0 Å². The highest BCUT2D eigenvalue weighted by molar-refractivity contribution is 6.33. The molecule has 8 unspecified atom stereocenters. The van der Waals surface area contributed by atoms with Crippen LogP contribution in [0, 0.1) is 23.7 Å². The molecule has 34 heavy (non-hydrogen) atoms. The zero-order chi connectivity index (χ0) is 24.4. The molecule has 0 amide bonds. The summed E-state index contributed by atoms with van der Waals surface area (Å²) in [5.74, 6) is 1.19. The number of allylic oxidation sites excluding steroid dienone is 2. The van der Waals surface area contributed by atoms with Gasteiger partial charge in [-0.05, 0) is 50.5 Å². The Kier molecular flexibility index (Phi) is 6.08. The van der Waals surface area contributed by atoms with Gasteiger partial charge in [0.05, 0.1) is 10.7 Å². The molecule has 1 aromatic carbocycles. The molecular weight excluding hydrogens is 452 g/mol. The maximum absolute atomic E-state index is 13.4. The number of halogens is 1. The third kappa shape index (κ3) is 3.79. The molecule has 184 valence electrons. The van der Waals surface area contributed by atoms with E-state index in [0.717, 1.165) is 19.3 Å². The van der Waals surface area contributed by atoms with Crippen molar-refractivity contribution >= 4 is 23.3 Å². The lowest BCUT2D eigenvalue weighted by Crippen LogP contribution is -2.51. The molecule has 6 nitrogen and oxygen atoms in total. The van der Waals surface area contributed by atoms with E-state index in [1.807, 2.05) is 6.07 Å². The summed E-state index contributed by atoms with van der Waals surface area (Å²) in [6, 6.07) is 4.73. The normalized spacial score (nSPS) is 38.9. The van der Waals surface area contributed by atoms with Gasteiger partial charge in [-0.2, -0.15) is 0 Å². The summed E-state index contributed by atoms with van der Waals surface area (Å²) in [5, 5.41) is 16.8. The van der Waals surface area contributed by atoms with Crippen LogP contribution in [-0.4, -0.2) is 36.5 Å². The number of hydrogen-bond acceptors (Lipinski definition) is 6. The molecule has 0 aromatic heterocycles. The van der Waals surface area contributed by atoms with Gasteiger partial charge in [-0.3, -0.25) is 20.0 Å². The number of ether oxygens (including phenoxy) is 1. The summed E-state index contributed by atoms with van der Waals surface area (Å²) >= 11 is 6.39. The molecule has 1 saturated carbocycles. The van der Waals surface area contributed by atoms with Crippen molar-refractivity contribution in [3.05, 3.63) is 52.6 Å². The zero-order valence-electron chi connectivity index (χ0n) is 20.4. The first-order chi connectivity index (χ1) is 16.1. The van der Waals surface area contributed by atoms with Crippen molar-refractivity contribution in [2.45, 2.75) is 70.4 Å². The minimum absolute atomic E-state index is 0.164. The Morgan fingerprint density at radius 2 is 2.15 bits per heavy atom. The second-order valence-electron chi connectivity index (χ2n) is 10.8. The number of nitrogens with zero attached hydrogens (tertiary/aromatic N) is 1. The van der Waals surface area contributed by atoms with Gasteiger partial charge in [0, 0.05) is 31.4 Å². The van der Waals surface area contributed by atoms with E-state index in [2.05, 4.69) is 38.7 Å². The Bertz CT molecular complexity index is 1040. The summed E-state index contributed by atoms with van der Waals surface area (Å²) < 4.78 is 6.22. The van der Waals surface area contributed by atoms with E-state index in [1.54, 1.807) is 24.2 Å². The SMILES string of the molecule is C=C(C)C1CCC(C)C2C(OC(=O)C3CC4(O)c5cccc(Cl)c5N(C)OC4N3)CC(C)=CC12. The maximum Gasteiger partial charge on any atom is 0.323 e. The van der Waals surface area contributed by atoms with Crippen molar-refractivity contribution < 1.29 is 19.5 Å². The number of hydrogen-bond donors (Lipinski definition) is 2. The number of aliphatic hydroxyl groups is 1. The number of para-hydroxylation sites is 1. The first-order valence-electron chi connectivity index (χ1n) is 12.3. The second-order valence-corrected chi connectivity index (χ2v) is 11.2. The Balaban J connectivity index is 1.36. The molecule has 2 N–H and O–H groups in total. The Hall–Kier alpha value is -1.86. The van der Waals surface area contributed by atoms with E-state index >= 15 is 0 Å². The minimum Gasteiger partial charge on any atom is -0.461 e. The van der Waals surface area contributed by atoms with E-state index in [0.29, 0.717) is 34.0 Å². The molecule has 2 aliphatic carbocycles. The third-order valence-corrected chi connectivity index (χ3v) is 8.75. The average Bonchev–Trinajstić information content (AvgIpc) is 3.11. The van der Waals surface area contributed by atoms with Gasteiger partial charge in [0.15, 0.2) is 6.23 Å². The number of nitrogens with one attached hydrogen (secondary N) is 1. The summed E-state index contributed by atoms with van der Waals surface area (Å²) in [6.45, 7) is 10.8. The van der Waals surface area contributed by atoms with Crippen LogP contribution in [0.1, 0.15) is 52.0 Å². The molecule has 1 aromatic rings. The Labute approximate surface area is 206 Å². The van der Waals surface area contributed by atoms with Crippen LogP contribution in [0.15, 0.2) is 42.0 Å². The average molecular weight is 487 g/mol. The fraction of sp³-hybridized carbons (Fsp3) is 0.593. The Morgan fingerprint density at radius 1 is 1.38 bits per heavy atom. The number of hydroxylamine groups is 1. The minimum atomic E-state index is -1.37. The number of carbonyl (C=O) groups excluding carboxylic acids is 1. The highest BCUT2D eigenvalue weighted by atomic mass is 35.5. The van der Waals surface area contributed by atoms with Gasteiger partial charge in [0.2, 0.25) is 0 Å². The largest absolute Gasteiger partial charge is 0.461 e. The molecule has 2 fully saturated rings. The topological polar surface area (TPSA) is 71.0 Å². The molecule has 8 atom stereocenters. The summed E-state index contributed by atoms with van der Waals surface area (Å²) in [5.41, 5.74) is 2.38. The monoisotopic (exact) mass is 486 g/mol. The van der Waals surface area contributed by atoms with E-state index in [1.165, 1.54) is 11.1 Å². The number of rotatable bonds is 3. The van der Waals surface area contributed by atoms with Crippen LogP contribution in [0.25, 0.3) is 0 Å². The predicted molar refractivity (Wildman–Crippen MR) is 132 cm³/mol. The molecule has 2 heterocycles. The summed E-state index contributed by atoms with van der Waals surface area (Å²) in [4.78, 5) is 19.3. The highest BCUT2D eigenvalue weighted by Crippen LogP contribution is 2.50. The third-order valence-electron chi connectivity index (χ3n) is 8.45. The van der Waals surface area contributed by atoms with Crippen molar-refractivity contribution in [2.75, 3.05) is 12.1 Å². The summed E-state index contributed by atoms with van der Waals surface area (Å²) in [6.07, 6.45) is 4.61. The molecule has 0 bridgehead atoms. The van der Waals surface area contributed by atoms with Crippen LogP contribution in [0.2, 0.25) is 5.02 Å². The molecule has 0 radical (unpaired) electrons. The molecular formula is C27H35ClN2O4. The van der Waals surface area contributed by atoms with Crippen molar-refractivity contribution in [1.29, 1.82) is 0 Å². The lowest BCUT2D eigenvalue weighted by molar-refractivity contribution is -0.158. The Morgan fingerprint density at radius 3 is 2.88 bits per heavy atom. The van der Waals surface area contributed by atoms with E-state index in [9.17, 15) is 9.90 Å². The van der Waals surface area contributed by atoms with Crippen LogP contribution >= 0.6 is 11.6 Å². The fourth-order valence-corrected chi connectivity index (χ4v) is 7.10. The van der Waals surface area contributed by atoms with Crippen LogP contribution in [0.3, 0.4) is 0 Å². The van der Waals surface area contributed by atoms with Crippen LogP contribution in [0.5, 0.6) is 0 Å².